The smallest absolute Gasteiger partial charge is 0.120 e. The molecule has 2 rings (SSSR count). The van der Waals surface area contributed by atoms with Crippen molar-refractivity contribution in [1.82, 2.24) is 0 Å². The standard InChI is InChI=1S/C15H15BrClNO/c1-10(18)13-7-6-12(8-14(13)16)19-9-11-4-2-3-5-15(11)17/h2-8,10H,9,18H2,1H3. The van der Waals surface area contributed by atoms with Crippen LogP contribution in [0.25, 0.3) is 0 Å². The van der Waals surface area contributed by atoms with Gasteiger partial charge in [0.15, 0.2) is 0 Å². The lowest BCUT2D eigenvalue weighted by Crippen LogP contribution is -2.06. The Balaban J connectivity index is 2.08. The van der Waals surface area contributed by atoms with Crippen LogP contribution in [-0.4, -0.2) is 0 Å². The second kappa shape index (κ2) is 6.42. The van der Waals surface area contributed by atoms with Gasteiger partial charge in [0.1, 0.15) is 12.4 Å². The van der Waals surface area contributed by atoms with E-state index in [2.05, 4.69) is 15.9 Å². The second-order valence-electron chi connectivity index (χ2n) is 4.35. The van der Waals surface area contributed by atoms with Gasteiger partial charge < -0.3 is 10.5 Å². The molecule has 4 heteroatoms. The van der Waals surface area contributed by atoms with E-state index in [-0.39, 0.29) is 6.04 Å². The fourth-order valence-corrected chi connectivity index (χ4v) is 2.65. The normalized spacial score (nSPS) is 12.2. The van der Waals surface area contributed by atoms with E-state index < -0.39 is 0 Å². The molecule has 0 aliphatic rings. The first-order valence-corrected chi connectivity index (χ1v) is 7.16. The van der Waals surface area contributed by atoms with Gasteiger partial charge in [0.2, 0.25) is 0 Å². The molecule has 19 heavy (non-hydrogen) atoms. The number of halogens is 2. The van der Waals surface area contributed by atoms with Gasteiger partial charge in [-0.15, -0.1) is 0 Å². The van der Waals surface area contributed by atoms with Gasteiger partial charge in [0.05, 0.1) is 0 Å². The molecule has 1 unspecified atom stereocenters. The van der Waals surface area contributed by atoms with E-state index in [4.69, 9.17) is 22.1 Å². The predicted octanol–water partition coefficient (Wildman–Crippen LogP) is 4.70. The molecule has 0 amide bonds. The molecule has 2 aromatic carbocycles. The summed E-state index contributed by atoms with van der Waals surface area (Å²) in [7, 11) is 0. The van der Waals surface area contributed by atoms with Gasteiger partial charge in [-0.3, -0.25) is 0 Å². The van der Waals surface area contributed by atoms with Crippen LogP contribution in [0.3, 0.4) is 0 Å². The van der Waals surface area contributed by atoms with Crippen molar-refractivity contribution in [2.24, 2.45) is 5.73 Å². The summed E-state index contributed by atoms with van der Waals surface area (Å²) in [6, 6.07) is 13.5. The first kappa shape index (κ1) is 14.4. The van der Waals surface area contributed by atoms with E-state index in [0.29, 0.717) is 11.6 Å². The van der Waals surface area contributed by atoms with Gasteiger partial charge in [-0.1, -0.05) is 51.8 Å². The summed E-state index contributed by atoms with van der Waals surface area (Å²) in [5.41, 5.74) is 7.89. The lowest BCUT2D eigenvalue weighted by atomic mass is 10.1. The Morgan fingerprint density at radius 3 is 2.63 bits per heavy atom. The van der Waals surface area contributed by atoms with E-state index >= 15 is 0 Å². The van der Waals surface area contributed by atoms with Crippen molar-refractivity contribution in [3.05, 3.63) is 63.1 Å². The Morgan fingerprint density at radius 2 is 2.00 bits per heavy atom. The molecular formula is C15H15BrClNO. The molecule has 0 aliphatic carbocycles. The van der Waals surface area contributed by atoms with Crippen molar-refractivity contribution in [1.29, 1.82) is 0 Å². The van der Waals surface area contributed by atoms with E-state index in [1.165, 1.54) is 0 Å². The topological polar surface area (TPSA) is 35.2 Å². The van der Waals surface area contributed by atoms with Crippen LogP contribution >= 0.6 is 27.5 Å². The van der Waals surface area contributed by atoms with Gasteiger partial charge in [0.25, 0.3) is 0 Å². The van der Waals surface area contributed by atoms with Crippen LogP contribution in [0.1, 0.15) is 24.1 Å². The van der Waals surface area contributed by atoms with Gasteiger partial charge in [-0.05, 0) is 30.7 Å². The molecule has 2 aromatic rings. The number of benzene rings is 2. The van der Waals surface area contributed by atoms with Crippen LogP contribution in [-0.2, 0) is 6.61 Å². The molecule has 1 atom stereocenters. The molecule has 2 nitrogen and oxygen atoms in total. The summed E-state index contributed by atoms with van der Waals surface area (Å²) < 4.78 is 6.69. The first-order valence-electron chi connectivity index (χ1n) is 5.99. The van der Waals surface area contributed by atoms with E-state index in [0.717, 1.165) is 21.3 Å². The van der Waals surface area contributed by atoms with Crippen LogP contribution in [0.4, 0.5) is 0 Å². The lowest BCUT2D eigenvalue weighted by molar-refractivity contribution is 0.306. The molecule has 0 radical (unpaired) electrons. The summed E-state index contributed by atoms with van der Waals surface area (Å²) in [5, 5.41) is 0.716. The highest BCUT2D eigenvalue weighted by molar-refractivity contribution is 9.10. The Morgan fingerprint density at radius 1 is 1.26 bits per heavy atom. The molecule has 100 valence electrons. The number of nitrogens with two attached hydrogens (primary N) is 1. The van der Waals surface area contributed by atoms with Crippen LogP contribution in [0, 0.1) is 0 Å². The third-order valence-corrected chi connectivity index (χ3v) is 3.87. The highest BCUT2D eigenvalue weighted by Crippen LogP contribution is 2.27. The van der Waals surface area contributed by atoms with Gasteiger partial charge in [-0.25, -0.2) is 0 Å². The summed E-state index contributed by atoms with van der Waals surface area (Å²) in [4.78, 5) is 0. The van der Waals surface area contributed by atoms with Gasteiger partial charge in [-0.2, -0.15) is 0 Å². The van der Waals surface area contributed by atoms with Crippen molar-refractivity contribution < 1.29 is 4.74 Å². The zero-order valence-corrected chi connectivity index (χ0v) is 12.9. The fourth-order valence-electron chi connectivity index (χ4n) is 1.74. The highest BCUT2D eigenvalue weighted by Gasteiger charge is 2.07. The molecule has 0 spiro atoms. The summed E-state index contributed by atoms with van der Waals surface area (Å²) >= 11 is 9.59. The SMILES string of the molecule is CC(N)c1ccc(OCc2ccccc2Cl)cc1Br. The number of hydrogen-bond acceptors (Lipinski definition) is 2. The quantitative estimate of drug-likeness (QED) is 0.875. The number of rotatable bonds is 4. The number of ether oxygens (including phenoxy) is 1. The van der Waals surface area contributed by atoms with E-state index in [1.54, 1.807) is 0 Å². The first-order chi connectivity index (χ1) is 9.08. The van der Waals surface area contributed by atoms with E-state index in [1.807, 2.05) is 49.4 Å². The highest BCUT2D eigenvalue weighted by atomic mass is 79.9. The minimum Gasteiger partial charge on any atom is -0.489 e. The minimum atomic E-state index is -0.00741. The Labute approximate surface area is 126 Å². The third kappa shape index (κ3) is 3.72. The average Bonchev–Trinajstić information content (AvgIpc) is 2.37. The predicted molar refractivity (Wildman–Crippen MR) is 82.5 cm³/mol. The Bertz CT molecular complexity index is 572. The molecule has 0 bridgehead atoms. The molecule has 0 aliphatic heterocycles. The van der Waals surface area contributed by atoms with Crippen molar-refractivity contribution in [3.63, 3.8) is 0 Å². The molecule has 0 saturated carbocycles. The largest absolute Gasteiger partial charge is 0.489 e. The maximum absolute atomic E-state index is 6.08. The van der Waals surface area contributed by atoms with Gasteiger partial charge in [0, 0.05) is 21.1 Å². The van der Waals surface area contributed by atoms with Gasteiger partial charge >= 0.3 is 0 Å². The van der Waals surface area contributed by atoms with Crippen LogP contribution < -0.4 is 10.5 Å². The summed E-state index contributed by atoms with van der Waals surface area (Å²) in [6.07, 6.45) is 0. The number of hydrogen-bond donors (Lipinski definition) is 1. The average molecular weight is 341 g/mol. The summed E-state index contributed by atoms with van der Waals surface area (Å²) in [6.45, 7) is 2.40. The molecular weight excluding hydrogens is 326 g/mol. The van der Waals surface area contributed by atoms with Crippen molar-refractivity contribution in [2.45, 2.75) is 19.6 Å². The Hall–Kier alpha value is -1.03. The molecule has 0 heterocycles. The minimum absolute atomic E-state index is 0.00741. The van der Waals surface area contributed by atoms with E-state index in [9.17, 15) is 0 Å². The zero-order valence-electron chi connectivity index (χ0n) is 10.6. The molecule has 2 N–H and O–H groups in total. The van der Waals surface area contributed by atoms with Crippen LogP contribution in [0.2, 0.25) is 5.02 Å². The van der Waals surface area contributed by atoms with Crippen LogP contribution in [0.15, 0.2) is 46.9 Å². The van der Waals surface area contributed by atoms with Crippen molar-refractivity contribution in [3.8, 4) is 5.75 Å². The molecule has 0 fully saturated rings. The lowest BCUT2D eigenvalue weighted by Gasteiger charge is -2.12. The van der Waals surface area contributed by atoms with Crippen LogP contribution in [0.5, 0.6) is 5.75 Å². The maximum atomic E-state index is 6.08. The summed E-state index contributed by atoms with van der Waals surface area (Å²) in [5.74, 6) is 0.788. The fraction of sp³-hybridized carbons (Fsp3) is 0.200. The third-order valence-electron chi connectivity index (χ3n) is 2.81. The van der Waals surface area contributed by atoms with Crippen molar-refractivity contribution >= 4 is 27.5 Å². The maximum Gasteiger partial charge on any atom is 0.120 e. The molecule has 0 aromatic heterocycles. The Kier molecular flexibility index (Phi) is 4.86. The second-order valence-corrected chi connectivity index (χ2v) is 5.61. The molecule has 0 saturated heterocycles. The zero-order chi connectivity index (χ0) is 13.8. The monoisotopic (exact) mass is 339 g/mol. The van der Waals surface area contributed by atoms with Crippen molar-refractivity contribution in [2.75, 3.05) is 0 Å².